The van der Waals surface area contributed by atoms with Gasteiger partial charge in [0.1, 0.15) is 0 Å². The van der Waals surface area contributed by atoms with Gasteiger partial charge in [0.2, 0.25) is 5.91 Å². The van der Waals surface area contributed by atoms with E-state index in [9.17, 15) is 4.79 Å². The number of carbonyl (C=O) groups is 1. The van der Waals surface area contributed by atoms with E-state index in [2.05, 4.69) is 20.5 Å². The minimum Gasteiger partial charge on any atom is -0.364 e. The second kappa shape index (κ2) is 5.84. The molecule has 1 amide bonds. The number of aromatic nitrogens is 1. The van der Waals surface area contributed by atoms with E-state index in [1.54, 1.807) is 0 Å². The second-order valence-electron chi connectivity index (χ2n) is 4.38. The van der Waals surface area contributed by atoms with Crippen LogP contribution in [0.2, 0.25) is 0 Å². The van der Waals surface area contributed by atoms with Gasteiger partial charge in [-0.15, -0.1) is 0 Å². The fourth-order valence-electron chi connectivity index (χ4n) is 2.04. The van der Waals surface area contributed by atoms with Crippen molar-refractivity contribution in [2.45, 2.75) is 19.5 Å². The van der Waals surface area contributed by atoms with Gasteiger partial charge in [0.25, 0.3) is 0 Å². The van der Waals surface area contributed by atoms with Gasteiger partial charge in [-0.1, -0.05) is 0 Å². The summed E-state index contributed by atoms with van der Waals surface area (Å²) in [5, 5.41) is 6.23. The summed E-state index contributed by atoms with van der Waals surface area (Å²) in [5.74, 6) is 0.0986. The number of nitrogens with one attached hydrogen (secondary N) is 3. The van der Waals surface area contributed by atoms with Crippen molar-refractivity contribution in [3.8, 4) is 0 Å². The molecule has 0 bridgehead atoms. The average molecular weight is 236 g/mol. The van der Waals surface area contributed by atoms with Crippen molar-refractivity contribution in [3.05, 3.63) is 24.0 Å². The van der Waals surface area contributed by atoms with Gasteiger partial charge in [0, 0.05) is 38.1 Å². The Labute approximate surface area is 102 Å². The van der Waals surface area contributed by atoms with Crippen LogP contribution in [-0.2, 0) is 11.3 Å². The zero-order valence-electron chi connectivity index (χ0n) is 10.2. The fourth-order valence-corrected chi connectivity index (χ4v) is 2.04. The van der Waals surface area contributed by atoms with Gasteiger partial charge in [-0.2, -0.15) is 0 Å². The predicted octanol–water partition coefficient (Wildman–Crippen LogP) is -0.0754. The maximum Gasteiger partial charge on any atom is 0.237 e. The molecule has 0 aliphatic carbocycles. The molecule has 94 valence electrons. The van der Waals surface area contributed by atoms with E-state index in [4.69, 9.17) is 0 Å². The second-order valence-corrected chi connectivity index (χ2v) is 4.38. The maximum atomic E-state index is 12.0. The van der Waals surface area contributed by atoms with Gasteiger partial charge in [0.15, 0.2) is 0 Å². The van der Waals surface area contributed by atoms with E-state index in [0.29, 0.717) is 6.54 Å². The van der Waals surface area contributed by atoms with Gasteiger partial charge in [-0.25, -0.2) is 0 Å². The predicted molar refractivity (Wildman–Crippen MR) is 66.5 cm³/mol. The number of hydrogen-bond donors (Lipinski definition) is 3. The smallest absolute Gasteiger partial charge is 0.237 e. The van der Waals surface area contributed by atoms with E-state index in [1.165, 1.54) is 0 Å². The number of nitrogens with zero attached hydrogens (tertiary/aromatic N) is 1. The highest BCUT2D eigenvalue weighted by molar-refractivity contribution is 5.81. The number of H-pyrrole nitrogens is 1. The highest BCUT2D eigenvalue weighted by atomic mass is 16.2. The Balaban J connectivity index is 1.78. The molecule has 0 spiro atoms. The highest BCUT2D eigenvalue weighted by Crippen LogP contribution is 2.01. The van der Waals surface area contributed by atoms with Crippen LogP contribution in [0.15, 0.2) is 18.3 Å². The van der Waals surface area contributed by atoms with Gasteiger partial charge in [-0.05, 0) is 19.1 Å². The first-order valence-electron chi connectivity index (χ1n) is 6.12. The van der Waals surface area contributed by atoms with Crippen LogP contribution in [0.4, 0.5) is 0 Å². The first-order chi connectivity index (χ1) is 8.27. The van der Waals surface area contributed by atoms with Crippen molar-refractivity contribution in [2.24, 2.45) is 0 Å². The van der Waals surface area contributed by atoms with E-state index in [1.807, 2.05) is 25.3 Å². The number of carbonyl (C=O) groups excluding carboxylic acids is 1. The van der Waals surface area contributed by atoms with E-state index < -0.39 is 0 Å². The van der Waals surface area contributed by atoms with Crippen molar-refractivity contribution >= 4 is 5.91 Å². The standard InChI is InChI=1S/C12H20N4O/c1-10(16-7-5-13-6-8-16)12(17)15-9-11-3-2-4-14-11/h2-4,10,13-14H,5-9H2,1H3,(H,15,17). The van der Waals surface area contributed by atoms with Crippen LogP contribution in [-0.4, -0.2) is 48.0 Å². The Morgan fingerprint density at radius 3 is 2.94 bits per heavy atom. The lowest BCUT2D eigenvalue weighted by Gasteiger charge is -2.31. The quantitative estimate of drug-likeness (QED) is 0.685. The van der Waals surface area contributed by atoms with Crippen molar-refractivity contribution in [3.63, 3.8) is 0 Å². The molecule has 5 nitrogen and oxygen atoms in total. The van der Waals surface area contributed by atoms with E-state index in [0.717, 1.165) is 31.9 Å². The lowest BCUT2D eigenvalue weighted by molar-refractivity contribution is -0.126. The molecule has 17 heavy (non-hydrogen) atoms. The molecule has 1 atom stereocenters. The molecule has 2 heterocycles. The topological polar surface area (TPSA) is 60.2 Å². The molecule has 0 saturated carbocycles. The molecule has 1 saturated heterocycles. The highest BCUT2D eigenvalue weighted by Gasteiger charge is 2.22. The molecule has 1 aliphatic heterocycles. The zero-order valence-corrected chi connectivity index (χ0v) is 10.2. The normalized spacial score (nSPS) is 18.9. The third-order valence-corrected chi connectivity index (χ3v) is 3.19. The summed E-state index contributed by atoms with van der Waals surface area (Å²) < 4.78 is 0. The molecule has 0 radical (unpaired) electrons. The van der Waals surface area contributed by atoms with Crippen LogP contribution in [0.1, 0.15) is 12.6 Å². The number of rotatable bonds is 4. The molecule has 5 heteroatoms. The Morgan fingerprint density at radius 2 is 2.29 bits per heavy atom. The van der Waals surface area contributed by atoms with Gasteiger partial charge in [-0.3, -0.25) is 9.69 Å². The Kier molecular flexibility index (Phi) is 4.17. The molecule has 1 aromatic heterocycles. The van der Waals surface area contributed by atoms with E-state index >= 15 is 0 Å². The molecule has 1 fully saturated rings. The third kappa shape index (κ3) is 3.31. The lowest BCUT2D eigenvalue weighted by atomic mass is 10.2. The zero-order chi connectivity index (χ0) is 12.1. The molecule has 0 aromatic carbocycles. The molecule has 2 rings (SSSR count). The first-order valence-corrected chi connectivity index (χ1v) is 6.12. The van der Waals surface area contributed by atoms with Crippen LogP contribution in [0.25, 0.3) is 0 Å². The average Bonchev–Trinajstić information content (AvgIpc) is 2.89. The summed E-state index contributed by atoms with van der Waals surface area (Å²) in [6.45, 7) is 6.36. The minimum atomic E-state index is -0.0490. The Morgan fingerprint density at radius 1 is 1.53 bits per heavy atom. The number of aromatic amines is 1. The summed E-state index contributed by atoms with van der Waals surface area (Å²) in [6, 6.07) is 3.85. The van der Waals surface area contributed by atoms with Crippen LogP contribution in [0.3, 0.4) is 0 Å². The van der Waals surface area contributed by atoms with E-state index in [-0.39, 0.29) is 11.9 Å². The Hall–Kier alpha value is -1.33. The number of hydrogen-bond acceptors (Lipinski definition) is 3. The monoisotopic (exact) mass is 236 g/mol. The molecule has 1 aromatic rings. The molecule has 1 unspecified atom stereocenters. The fraction of sp³-hybridized carbons (Fsp3) is 0.583. The number of piperazine rings is 1. The molecular weight excluding hydrogens is 216 g/mol. The maximum absolute atomic E-state index is 12.0. The van der Waals surface area contributed by atoms with Crippen LogP contribution < -0.4 is 10.6 Å². The summed E-state index contributed by atoms with van der Waals surface area (Å²) in [5.41, 5.74) is 1.03. The van der Waals surface area contributed by atoms with Gasteiger partial charge in [0.05, 0.1) is 12.6 Å². The molecule has 1 aliphatic rings. The van der Waals surface area contributed by atoms with Crippen molar-refractivity contribution in [1.29, 1.82) is 0 Å². The molecular formula is C12H20N4O. The van der Waals surface area contributed by atoms with Crippen molar-refractivity contribution < 1.29 is 4.79 Å². The number of amides is 1. The summed E-state index contributed by atoms with van der Waals surface area (Å²) in [4.78, 5) is 17.2. The van der Waals surface area contributed by atoms with Crippen molar-refractivity contribution in [1.82, 2.24) is 20.5 Å². The first kappa shape index (κ1) is 12.1. The minimum absolute atomic E-state index is 0.0490. The summed E-state index contributed by atoms with van der Waals surface area (Å²) in [6.07, 6.45) is 1.86. The van der Waals surface area contributed by atoms with Gasteiger partial charge >= 0.3 is 0 Å². The third-order valence-electron chi connectivity index (χ3n) is 3.19. The summed E-state index contributed by atoms with van der Waals surface area (Å²) >= 11 is 0. The Bertz CT molecular complexity index is 343. The molecule has 3 N–H and O–H groups in total. The van der Waals surface area contributed by atoms with Gasteiger partial charge < -0.3 is 15.6 Å². The van der Waals surface area contributed by atoms with Crippen LogP contribution in [0.5, 0.6) is 0 Å². The summed E-state index contributed by atoms with van der Waals surface area (Å²) in [7, 11) is 0. The van der Waals surface area contributed by atoms with Crippen LogP contribution >= 0.6 is 0 Å². The van der Waals surface area contributed by atoms with Crippen LogP contribution in [0, 0.1) is 0 Å². The lowest BCUT2D eigenvalue weighted by Crippen LogP contribution is -2.52. The van der Waals surface area contributed by atoms with Crippen molar-refractivity contribution in [2.75, 3.05) is 26.2 Å². The largest absolute Gasteiger partial charge is 0.364 e. The SMILES string of the molecule is CC(C(=O)NCc1ccc[nH]1)N1CCNCC1.